The summed E-state index contributed by atoms with van der Waals surface area (Å²) in [4.78, 5) is 0. The van der Waals surface area contributed by atoms with Gasteiger partial charge in [0.25, 0.3) is 0 Å². The van der Waals surface area contributed by atoms with Crippen LogP contribution in [0.1, 0.15) is 25.0 Å². The van der Waals surface area contributed by atoms with Gasteiger partial charge in [0.2, 0.25) is 0 Å². The van der Waals surface area contributed by atoms with Crippen LogP contribution in [0.25, 0.3) is 0 Å². The molecule has 0 unspecified atom stereocenters. The average Bonchev–Trinajstić information content (AvgIpc) is 3.19. The summed E-state index contributed by atoms with van der Waals surface area (Å²) in [5.41, 5.74) is 0.847. The van der Waals surface area contributed by atoms with Gasteiger partial charge in [0, 0.05) is 0 Å². The molecule has 1 aromatic carbocycles. The van der Waals surface area contributed by atoms with Gasteiger partial charge in [-0.25, -0.2) is 0 Å². The molecular formula is C13H18O4. The zero-order valence-electron chi connectivity index (χ0n) is 10.2. The fourth-order valence-corrected chi connectivity index (χ4v) is 1.59. The molecule has 94 valence electrons. The Kier molecular flexibility index (Phi) is 3.86. The number of epoxide rings is 1. The third-order valence-corrected chi connectivity index (χ3v) is 2.79. The van der Waals surface area contributed by atoms with E-state index in [1.807, 2.05) is 25.1 Å². The third kappa shape index (κ3) is 3.11. The molecule has 4 nitrogen and oxygen atoms in total. The van der Waals surface area contributed by atoms with Crippen LogP contribution in [-0.2, 0) is 4.74 Å². The monoisotopic (exact) mass is 238 g/mol. The first-order valence-corrected chi connectivity index (χ1v) is 5.85. The van der Waals surface area contributed by atoms with E-state index >= 15 is 0 Å². The van der Waals surface area contributed by atoms with Crippen molar-refractivity contribution in [2.45, 2.75) is 25.6 Å². The van der Waals surface area contributed by atoms with Crippen molar-refractivity contribution in [2.75, 3.05) is 20.3 Å². The number of ether oxygens (including phenoxy) is 3. The molecule has 0 amide bonds. The van der Waals surface area contributed by atoms with Crippen molar-refractivity contribution in [1.82, 2.24) is 0 Å². The Balaban J connectivity index is 2.09. The summed E-state index contributed by atoms with van der Waals surface area (Å²) in [5, 5.41) is 9.75. The Labute approximate surface area is 101 Å². The Bertz CT molecular complexity index is 374. The molecule has 1 aromatic rings. The first kappa shape index (κ1) is 12.2. The minimum absolute atomic E-state index is 0.223. The number of aliphatic hydroxyl groups excluding tert-OH is 1. The van der Waals surface area contributed by atoms with Crippen molar-refractivity contribution in [3.8, 4) is 11.5 Å². The predicted octanol–water partition coefficient (Wildman–Crippen LogP) is 1.92. The van der Waals surface area contributed by atoms with Gasteiger partial charge in [-0.3, -0.25) is 0 Å². The van der Waals surface area contributed by atoms with Gasteiger partial charge in [0.05, 0.1) is 19.8 Å². The predicted molar refractivity (Wildman–Crippen MR) is 63.5 cm³/mol. The maximum absolute atomic E-state index is 9.75. The van der Waals surface area contributed by atoms with Gasteiger partial charge >= 0.3 is 0 Å². The fourth-order valence-electron chi connectivity index (χ4n) is 1.59. The van der Waals surface area contributed by atoms with Crippen molar-refractivity contribution in [2.24, 2.45) is 0 Å². The van der Waals surface area contributed by atoms with Crippen LogP contribution >= 0.6 is 0 Å². The molecule has 0 aromatic heterocycles. The average molecular weight is 238 g/mol. The highest BCUT2D eigenvalue weighted by atomic mass is 16.6. The molecule has 1 aliphatic heterocycles. The van der Waals surface area contributed by atoms with Crippen LogP contribution in [0.5, 0.6) is 11.5 Å². The summed E-state index contributed by atoms with van der Waals surface area (Å²) >= 11 is 0. The van der Waals surface area contributed by atoms with Crippen LogP contribution in [0.4, 0.5) is 0 Å². The lowest BCUT2D eigenvalue weighted by Gasteiger charge is -2.13. The Hall–Kier alpha value is -1.26. The summed E-state index contributed by atoms with van der Waals surface area (Å²) in [6.07, 6.45) is 0.449. The quantitative estimate of drug-likeness (QED) is 0.769. The zero-order valence-corrected chi connectivity index (χ0v) is 10.2. The maximum Gasteiger partial charge on any atom is 0.161 e. The van der Waals surface area contributed by atoms with E-state index in [0.717, 1.165) is 12.2 Å². The topological polar surface area (TPSA) is 51.2 Å². The van der Waals surface area contributed by atoms with Gasteiger partial charge in [-0.05, 0) is 24.1 Å². The summed E-state index contributed by atoms with van der Waals surface area (Å²) in [6, 6.07) is 5.51. The summed E-state index contributed by atoms with van der Waals surface area (Å²) in [7, 11) is 1.60. The largest absolute Gasteiger partial charge is 0.493 e. The smallest absolute Gasteiger partial charge is 0.161 e. The van der Waals surface area contributed by atoms with Gasteiger partial charge in [-0.2, -0.15) is 0 Å². The lowest BCUT2D eigenvalue weighted by atomic mass is 10.1. The van der Waals surface area contributed by atoms with E-state index in [9.17, 15) is 5.11 Å². The fraction of sp³-hybridized carbons (Fsp3) is 0.538. The van der Waals surface area contributed by atoms with Crippen molar-refractivity contribution in [1.29, 1.82) is 0 Å². The molecule has 1 saturated heterocycles. The molecule has 0 spiro atoms. The van der Waals surface area contributed by atoms with Crippen LogP contribution in [-0.4, -0.2) is 31.5 Å². The highest BCUT2D eigenvalue weighted by Crippen LogP contribution is 2.31. The van der Waals surface area contributed by atoms with Gasteiger partial charge in [0.1, 0.15) is 12.7 Å². The van der Waals surface area contributed by atoms with E-state index in [0.29, 0.717) is 24.5 Å². The molecule has 4 heteroatoms. The Morgan fingerprint density at radius 2 is 2.24 bits per heavy atom. The van der Waals surface area contributed by atoms with Crippen LogP contribution < -0.4 is 9.47 Å². The van der Waals surface area contributed by atoms with Gasteiger partial charge < -0.3 is 19.3 Å². The first-order valence-electron chi connectivity index (χ1n) is 5.85. The third-order valence-electron chi connectivity index (χ3n) is 2.79. The molecule has 2 atom stereocenters. The van der Waals surface area contributed by atoms with E-state index in [1.165, 1.54) is 0 Å². The molecule has 0 radical (unpaired) electrons. The number of aliphatic hydroxyl groups is 1. The Morgan fingerprint density at radius 3 is 2.82 bits per heavy atom. The number of rotatable bonds is 6. The SMILES string of the molecule is CC[C@@H](O)c1ccc(OC[C@H]2CO2)c(OC)c1. The zero-order chi connectivity index (χ0) is 12.3. The van der Waals surface area contributed by atoms with E-state index in [1.54, 1.807) is 7.11 Å². The summed E-state index contributed by atoms with van der Waals surface area (Å²) < 4.78 is 15.9. The lowest BCUT2D eigenvalue weighted by molar-refractivity contribution is 0.173. The second kappa shape index (κ2) is 5.38. The van der Waals surface area contributed by atoms with Crippen molar-refractivity contribution in [3.63, 3.8) is 0 Å². The summed E-state index contributed by atoms with van der Waals surface area (Å²) in [6.45, 7) is 3.26. The van der Waals surface area contributed by atoms with Crippen molar-refractivity contribution in [3.05, 3.63) is 23.8 Å². The minimum atomic E-state index is -0.454. The van der Waals surface area contributed by atoms with Gasteiger partial charge in [0.15, 0.2) is 11.5 Å². The highest BCUT2D eigenvalue weighted by Gasteiger charge is 2.23. The molecule has 1 aliphatic rings. The number of hydrogen-bond donors (Lipinski definition) is 1. The van der Waals surface area contributed by atoms with Crippen LogP contribution in [0.3, 0.4) is 0 Å². The molecule has 1 N–H and O–H groups in total. The molecular weight excluding hydrogens is 220 g/mol. The van der Waals surface area contributed by atoms with Crippen LogP contribution in [0, 0.1) is 0 Å². The minimum Gasteiger partial charge on any atom is -0.493 e. The van der Waals surface area contributed by atoms with Crippen LogP contribution in [0.15, 0.2) is 18.2 Å². The van der Waals surface area contributed by atoms with Gasteiger partial charge in [-0.15, -0.1) is 0 Å². The van der Waals surface area contributed by atoms with Crippen molar-refractivity contribution < 1.29 is 19.3 Å². The molecule has 0 aliphatic carbocycles. The molecule has 17 heavy (non-hydrogen) atoms. The summed E-state index contributed by atoms with van der Waals surface area (Å²) in [5.74, 6) is 1.34. The van der Waals surface area contributed by atoms with Gasteiger partial charge in [-0.1, -0.05) is 13.0 Å². The number of hydrogen-bond acceptors (Lipinski definition) is 4. The van der Waals surface area contributed by atoms with E-state index in [-0.39, 0.29) is 6.10 Å². The van der Waals surface area contributed by atoms with E-state index < -0.39 is 6.10 Å². The standard InChI is InChI=1S/C13H18O4/c1-3-11(14)9-4-5-12(13(6-9)15-2)17-8-10-7-16-10/h4-6,10-11,14H,3,7-8H2,1-2H3/t10-,11-/m1/s1. The molecule has 0 bridgehead atoms. The number of benzene rings is 1. The second-order valence-electron chi connectivity index (χ2n) is 4.10. The van der Waals surface area contributed by atoms with E-state index in [2.05, 4.69) is 0 Å². The van der Waals surface area contributed by atoms with Crippen LogP contribution in [0.2, 0.25) is 0 Å². The molecule has 1 heterocycles. The normalized spacial score (nSPS) is 19.8. The molecule has 0 saturated carbocycles. The number of methoxy groups -OCH3 is 1. The highest BCUT2D eigenvalue weighted by molar-refractivity contribution is 5.43. The molecule has 2 rings (SSSR count). The van der Waals surface area contributed by atoms with Crippen molar-refractivity contribution >= 4 is 0 Å². The van der Waals surface area contributed by atoms with E-state index in [4.69, 9.17) is 14.2 Å². The molecule has 1 fully saturated rings. The Morgan fingerprint density at radius 1 is 1.47 bits per heavy atom. The first-order chi connectivity index (χ1) is 8.24. The maximum atomic E-state index is 9.75. The second-order valence-corrected chi connectivity index (χ2v) is 4.10. The lowest BCUT2D eigenvalue weighted by Crippen LogP contribution is -2.05.